The summed E-state index contributed by atoms with van der Waals surface area (Å²) in [5.74, 6) is 0.853. The van der Waals surface area contributed by atoms with Gasteiger partial charge in [0.15, 0.2) is 0 Å². The normalized spacial score (nSPS) is 10.7. The fourth-order valence-electron chi connectivity index (χ4n) is 3.12. The Kier molecular flexibility index (Phi) is 6.36. The van der Waals surface area contributed by atoms with Gasteiger partial charge < -0.3 is 19.5 Å². The van der Waals surface area contributed by atoms with E-state index in [1.165, 1.54) is 10.9 Å². The summed E-state index contributed by atoms with van der Waals surface area (Å²) in [6.07, 6.45) is 2.99. The molecule has 0 atom stereocenters. The number of amides is 2. The Hall–Kier alpha value is -2.95. The van der Waals surface area contributed by atoms with E-state index >= 15 is 0 Å². The van der Waals surface area contributed by atoms with Crippen LogP contribution in [0.5, 0.6) is 5.75 Å². The average molecular weight is 365 g/mol. The molecular weight excluding hydrogens is 338 g/mol. The van der Waals surface area contributed by atoms with Gasteiger partial charge in [-0.05, 0) is 48.6 Å². The van der Waals surface area contributed by atoms with Crippen molar-refractivity contribution >= 4 is 16.9 Å². The number of nitrogens with zero attached hydrogens (tertiary/aromatic N) is 2. The molecule has 0 aliphatic carbocycles. The van der Waals surface area contributed by atoms with Crippen LogP contribution in [-0.2, 0) is 13.1 Å². The van der Waals surface area contributed by atoms with Crippen LogP contribution in [0.25, 0.3) is 10.9 Å². The number of urea groups is 1. The van der Waals surface area contributed by atoms with Crippen LogP contribution in [0, 0.1) is 0 Å². The summed E-state index contributed by atoms with van der Waals surface area (Å²) in [7, 11) is 1.81. The highest BCUT2D eigenvalue weighted by molar-refractivity contribution is 5.79. The molecule has 0 saturated heterocycles. The summed E-state index contributed by atoms with van der Waals surface area (Å²) >= 11 is 0. The van der Waals surface area contributed by atoms with Gasteiger partial charge in [-0.15, -0.1) is 0 Å². The van der Waals surface area contributed by atoms with Crippen molar-refractivity contribution in [2.24, 2.45) is 0 Å². The number of carbonyl (C=O) groups excluding carboxylic acids is 1. The van der Waals surface area contributed by atoms with Gasteiger partial charge in [-0.3, -0.25) is 0 Å². The first-order valence-electron chi connectivity index (χ1n) is 9.42. The van der Waals surface area contributed by atoms with E-state index in [0.717, 1.165) is 24.3 Å². The maximum absolute atomic E-state index is 12.3. The monoisotopic (exact) mass is 365 g/mol. The van der Waals surface area contributed by atoms with Crippen molar-refractivity contribution in [3.8, 4) is 5.75 Å². The van der Waals surface area contributed by atoms with Gasteiger partial charge in [0.05, 0.1) is 6.61 Å². The molecule has 0 spiro atoms. The van der Waals surface area contributed by atoms with Crippen LogP contribution in [0.15, 0.2) is 60.8 Å². The number of fused-ring (bicyclic) bond motifs is 1. The molecule has 0 fully saturated rings. The maximum Gasteiger partial charge on any atom is 0.317 e. The van der Waals surface area contributed by atoms with Gasteiger partial charge in [-0.25, -0.2) is 4.79 Å². The summed E-state index contributed by atoms with van der Waals surface area (Å²) in [4.78, 5) is 14.0. The van der Waals surface area contributed by atoms with E-state index in [4.69, 9.17) is 4.74 Å². The van der Waals surface area contributed by atoms with E-state index in [9.17, 15) is 4.79 Å². The Morgan fingerprint density at radius 1 is 1.11 bits per heavy atom. The first-order chi connectivity index (χ1) is 13.2. The van der Waals surface area contributed by atoms with Gasteiger partial charge in [0.2, 0.25) is 0 Å². The van der Waals surface area contributed by atoms with Gasteiger partial charge in [0, 0.05) is 38.4 Å². The van der Waals surface area contributed by atoms with Crippen LogP contribution in [-0.4, -0.2) is 35.7 Å². The molecule has 2 amide bonds. The highest BCUT2D eigenvalue weighted by Gasteiger charge is 2.08. The number of para-hydroxylation sites is 1. The van der Waals surface area contributed by atoms with Crippen molar-refractivity contribution < 1.29 is 9.53 Å². The number of aromatic nitrogens is 1. The molecule has 0 radical (unpaired) electrons. The van der Waals surface area contributed by atoms with Gasteiger partial charge in [0.1, 0.15) is 5.75 Å². The minimum atomic E-state index is -0.0544. The molecule has 5 heteroatoms. The Morgan fingerprint density at radius 3 is 2.67 bits per heavy atom. The molecule has 0 aliphatic heterocycles. The molecule has 0 aliphatic rings. The predicted octanol–water partition coefficient (Wildman–Crippen LogP) is 4.27. The SMILES string of the molecule is CCOc1ccc(CN(C)C(=O)NCCCn2ccc3ccccc32)cc1. The summed E-state index contributed by atoms with van der Waals surface area (Å²) in [6.45, 7) is 4.72. The fourth-order valence-corrected chi connectivity index (χ4v) is 3.12. The minimum absolute atomic E-state index is 0.0544. The third-order valence-electron chi connectivity index (χ3n) is 4.53. The number of aryl methyl sites for hydroxylation is 1. The highest BCUT2D eigenvalue weighted by Crippen LogP contribution is 2.15. The third-order valence-corrected chi connectivity index (χ3v) is 4.53. The lowest BCUT2D eigenvalue weighted by molar-refractivity contribution is 0.206. The Bertz CT molecular complexity index is 871. The standard InChI is InChI=1S/C22H27N3O2/c1-3-27-20-11-9-18(10-12-20)17-24(2)22(26)23-14-6-15-25-16-13-19-7-4-5-8-21(19)25/h4-5,7-13,16H,3,6,14-15,17H2,1-2H3,(H,23,26). The van der Waals surface area contributed by atoms with Crippen LogP contribution in [0.1, 0.15) is 18.9 Å². The van der Waals surface area contributed by atoms with Crippen molar-refractivity contribution in [3.63, 3.8) is 0 Å². The van der Waals surface area contributed by atoms with Crippen molar-refractivity contribution in [2.45, 2.75) is 26.4 Å². The molecule has 142 valence electrons. The molecule has 1 heterocycles. The first-order valence-corrected chi connectivity index (χ1v) is 9.42. The lowest BCUT2D eigenvalue weighted by Crippen LogP contribution is -2.37. The summed E-state index contributed by atoms with van der Waals surface area (Å²) in [6, 6.07) is 18.3. The fraction of sp³-hybridized carbons (Fsp3) is 0.318. The van der Waals surface area contributed by atoms with Crippen molar-refractivity contribution in [2.75, 3.05) is 20.2 Å². The molecule has 0 bridgehead atoms. The quantitative estimate of drug-likeness (QED) is 0.606. The van der Waals surface area contributed by atoms with Crippen molar-refractivity contribution in [3.05, 3.63) is 66.4 Å². The second kappa shape index (κ2) is 9.12. The molecular formula is C22H27N3O2. The zero-order chi connectivity index (χ0) is 19.1. The van der Waals surface area contributed by atoms with Crippen LogP contribution in [0.4, 0.5) is 4.79 Å². The molecule has 5 nitrogen and oxygen atoms in total. The van der Waals surface area contributed by atoms with Crippen molar-refractivity contribution in [1.82, 2.24) is 14.8 Å². The number of nitrogens with one attached hydrogen (secondary N) is 1. The molecule has 1 N–H and O–H groups in total. The van der Waals surface area contributed by atoms with E-state index in [-0.39, 0.29) is 6.03 Å². The summed E-state index contributed by atoms with van der Waals surface area (Å²) in [5.41, 5.74) is 2.31. The van der Waals surface area contributed by atoms with E-state index in [1.54, 1.807) is 4.90 Å². The number of ether oxygens (including phenoxy) is 1. The zero-order valence-corrected chi connectivity index (χ0v) is 16.0. The largest absolute Gasteiger partial charge is 0.494 e. The summed E-state index contributed by atoms with van der Waals surface area (Å²) < 4.78 is 7.67. The Balaban J connectivity index is 1.42. The second-order valence-corrected chi connectivity index (χ2v) is 6.59. The molecule has 0 unspecified atom stereocenters. The van der Waals surface area contributed by atoms with Crippen LogP contribution in [0.3, 0.4) is 0 Å². The van der Waals surface area contributed by atoms with Gasteiger partial charge in [-0.2, -0.15) is 0 Å². The number of hydrogen-bond donors (Lipinski definition) is 1. The van der Waals surface area contributed by atoms with Crippen LogP contribution >= 0.6 is 0 Å². The number of benzene rings is 2. The highest BCUT2D eigenvalue weighted by atomic mass is 16.5. The van der Waals surface area contributed by atoms with Gasteiger partial charge >= 0.3 is 6.03 Å². The molecule has 3 aromatic rings. The zero-order valence-electron chi connectivity index (χ0n) is 16.0. The Labute approximate surface area is 160 Å². The van der Waals surface area contributed by atoms with E-state index in [1.807, 2.05) is 44.3 Å². The molecule has 2 aromatic carbocycles. The summed E-state index contributed by atoms with van der Waals surface area (Å²) in [5, 5.41) is 4.24. The van der Waals surface area contributed by atoms with E-state index in [2.05, 4.69) is 40.3 Å². The third kappa shape index (κ3) is 5.03. The van der Waals surface area contributed by atoms with Crippen LogP contribution in [0.2, 0.25) is 0 Å². The number of hydrogen-bond acceptors (Lipinski definition) is 2. The van der Waals surface area contributed by atoms with Gasteiger partial charge in [-0.1, -0.05) is 30.3 Å². The topological polar surface area (TPSA) is 46.5 Å². The smallest absolute Gasteiger partial charge is 0.317 e. The molecule has 0 saturated carbocycles. The van der Waals surface area contributed by atoms with Crippen LogP contribution < -0.4 is 10.1 Å². The Morgan fingerprint density at radius 2 is 1.89 bits per heavy atom. The van der Waals surface area contributed by atoms with Gasteiger partial charge in [0.25, 0.3) is 0 Å². The predicted molar refractivity (Wildman–Crippen MR) is 109 cm³/mol. The van der Waals surface area contributed by atoms with Crippen molar-refractivity contribution in [1.29, 1.82) is 0 Å². The minimum Gasteiger partial charge on any atom is -0.494 e. The lowest BCUT2D eigenvalue weighted by Gasteiger charge is -2.18. The second-order valence-electron chi connectivity index (χ2n) is 6.59. The van der Waals surface area contributed by atoms with E-state index in [0.29, 0.717) is 19.7 Å². The molecule has 1 aromatic heterocycles. The maximum atomic E-state index is 12.3. The average Bonchev–Trinajstić information content (AvgIpc) is 3.10. The molecule has 27 heavy (non-hydrogen) atoms. The number of carbonyl (C=O) groups is 1. The lowest BCUT2D eigenvalue weighted by atomic mass is 10.2. The molecule has 3 rings (SSSR count). The first kappa shape index (κ1) is 18.8. The number of rotatable bonds is 8. The van der Waals surface area contributed by atoms with E-state index < -0.39 is 0 Å².